The third kappa shape index (κ3) is 6.37. The first-order valence-corrected chi connectivity index (χ1v) is 27.6. The summed E-state index contributed by atoms with van der Waals surface area (Å²) in [4.78, 5) is 16.0. The predicted molar refractivity (Wildman–Crippen MR) is 291 cm³/mol. The highest BCUT2D eigenvalue weighted by atomic mass is 28.3. The second-order valence-corrected chi connectivity index (χ2v) is 25.3. The van der Waals surface area contributed by atoms with E-state index in [1.807, 2.05) is 18.2 Å². The van der Waals surface area contributed by atoms with E-state index in [1.165, 1.54) is 41.5 Å². The number of aromatic nitrogens is 4. The highest BCUT2D eigenvalue weighted by Crippen LogP contribution is 2.33. The van der Waals surface area contributed by atoms with Crippen LogP contribution in [-0.2, 0) is 0 Å². The molecule has 1 aliphatic rings. The van der Waals surface area contributed by atoms with Crippen LogP contribution in [0.15, 0.2) is 267 Å². The molecule has 0 amide bonds. The van der Waals surface area contributed by atoms with Crippen LogP contribution in [-0.4, -0.2) is 35.7 Å². The molecule has 2 aromatic heterocycles. The van der Waals surface area contributed by atoms with Gasteiger partial charge >= 0.3 is 0 Å². The molecule has 1 aliphatic heterocycles. The Morgan fingerprint density at radius 1 is 0.261 bits per heavy atom. The van der Waals surface area contributed by atoms with Gasteiger partial charge < -0.3 is 0 Å². The zero-order chi connectivity index (χ0) is 45.8. The summed E-state index contributed by atoms with van der Waals surface area (Å²) < 4.78 is 2.29. The number of rotatable bonds is 8. The molecule has 12 aromatic rings. The Labute approximate surface area is 403 Å². The molecule has 3 heterocycles. The summed E-state index contributed by atoms with van der Waals surface area (Å²) in [7, 11) is -5.99. The monoisotopic (exact) mass is 912 g/mol. The maximum Gasteiger partial charge on any atom is 0.238 e. The number of hydrogen-bond donors (Lipinski definition) is 0. The van der Waals surface area contributed by atoms with E-state index < -0.39 is 16.1 Å². The van der Waals surface area contributed by atoms with Crippen molar-refractivity contribution in [1.29, 1.82) is 0 Å². The van der Waals surface area contributed by atoms with Gasteiger partial charge in [0, 0.05) is 21.9 Å². The second kappa shape index (κ2) is 16.6. The molecule has 6 heteroatoms. The van der Waals surface area contributed by atoms with Gasteiger partial charge in [0.1, 0.15) is 0 Å². The molecule has 69 heavy (non-hydrogen) atoms. The average molecular weight is 913 g/mol. The molecule has 13 rings (SSSR count). The third-order valence-electron chi connectivity index (χ3n) is 14.3. The third-order valence-corrected chi connectivity index (χ3v) is 24.5. The van der Waals surface area contributed by atoms with Crippen LogP contribution < -0.4 is 41.5 Å². The molecule has 0 atom stereocenters. The first-order valence-electron chi connectivity index (χ1n) is 23.6. The molecule has 0 aliphatic carbocycles. The molecular weight excluding hydrogens is 869 g/mol. The van der Waals surface area contributed by atoms with Crippen molar-refractivity contribution < 1.29 is 0 Å². The van der Waals surface area contributed by atoms with E-state index in [2.05, 4.69) is 253 Å². The van der Waals surface area contributed by atoms with Crippen LogP contribution in [0.3, 0.4) is 0 Å². The number of fused-ring (bicyclic) bond motifs is 5. The Hall–Kier alpha value is -8.56. The summed E-state index contributed by atoms with van der Waals surface area (Å²) in [5.74, 6) is 1.81. The van der Waals surface area contributed by atoms with Crippen LogP contribution in [0.1, 0.15) is 0 Å². The summed E-state index contributed by atoms with van der Waals surface area (Å²) in [5.41, 5.74) is 6.20. The fraction of sp³-hybridized carbons (Fsp3) is 0. The van der Waals surface area contributed by atoms with Gasteiger partial charge in [-0.05, 0) is 70.8 Å². The van der Waals surface area contributed by atoms with Gasteiger partial charge in [-0.3, -0.25) is 4.57 Å². The van der Waals surface area contributed by atoms with E-state index in [9.17, 15) is 0 Å². The molecule has 0 radical (unpaired) electrons. The molecule has 0 bridgehead atoms. The van der Waals surface area contributed by atoms with E-state index in [0.717, 1.165) is 44.1 Å². The van der Waals surface area contributed by atoms with Crippen molar-refractivity contribution in [2.45, 2.75) is 0 Å². The first kappa shape index (κ1) is 40.7. The molecule has 0 unspecified atom stereocenters. The van der Waals surface area contributed by atoms with Gasteiger partial charge in [0.2, 0.25) is 5.95 Å². The molecule has 0 spiro atoms. The summed E-state index contributed by atoms with van der Waals surface area (Å²) in [6.07, 6.45) is 0. The van der Waals surface area contributed by atoms with E-state index in [0.29, 0.717) is 17.6 Å². The summed E-state index contributed by atoms with van der Waals surface area (Å²) in [6, 6.07) is 98.2. The zero-order valence-corrected chi connectivity index (χ0v) is 39.7. The zero-order valence-electron chi connectivity index (χ0n) is 37.7. The van der Waals surface area contributed by atoms with Crippen LogP contribution in [0.5, 0.6) is 0 Å². The van der Waals surface area contributed by atoms with Crippen LogP contribution in [0.4, 0.5) is 0 Å². The Bertz CT molecular complexity index is 3750. The van der Waals surface area contributed by atoms with Crippen molar-refractivity contribution in [1.82, 2.24) is 19.5 Å². The van der Waals surface area contributed by atoms with Crippen LogP contribution in [0, 0.1) is 0 Å². The Morgan fingerprint density at radius 2 is 0.667 bits per heavy atom. The lowest BCUT2D eigenvalue weighted by molar-refractivity contribution is 0.953. The Balaban J connectivity index is 1.12. The van der Waals surface area contributed by atoms with E-state index >= 15 is 0 Å². The lowest BCUT2D eigenvalue weighted by Gasteiger charge is -2.48. The SMILES string of the molecule is c1ccc(-c2cccc(-c3nc(-c4ccccc4)nc(-n4c5ccccc5c5ccc([Si]6(c7ccccc7)c7ccccc7[Si](c7ccccc7)(c7ccccc7)c7ccccc76)cc54)n3)c2)cc1. The smallest absolute Gasteiger partial charge is 0.238 e. The molecule has 0 N–H and O–H groups in total. The maximum absolute atomic E-state index is 5.44. The summed E-state index contributed by atoms with van der Waals surface area (Å²) in [6.45, 7) is 0. The van der Waals surface area contributed by atoms with Gasteiger partial charge in [0.15, 0.2) is 27.8 Å². The molecule has 324 valence electrons. The van der Waals surface area contributed by atoms with E-state index in [4.69, 9.17) is 15.0 Å². The summed E-state index contributed by atoms with van der Waals surface area (Å²) in [5, 5.41) is 13.5. The fourth-order valence-corrected chi connectivity index (χ4v) is 23.5. The largest absolute Gasteiger partial charge is 0.278 e. The highest BCUT2D eigenvalue weighted by molar-refractivity contribution is 7.32. The van der Waals surface area contributed by atoms with E-state index in [1.54, 1.807) is 0 Å². The minimum absolute atomic E-state index is 0.576. The lowest BCUT2D eigenvalue weighted by atomic mass is 10.0. The average Bonchev–Trinajstić information content (AvgIpc) is 3.77. The molecule has 0 fully saturated rings. The van der Waals surface area contributed by atoms with Crippen molar-refractivity contribution in [2.75, 3.05) is 0 Å². The topological polar surface area (TPSA) is 43.6 Å². The number of para-hydroxylation sites is 1. The normalized spacial score (nSPS) is 13.4. The van der Waals surface area contributed by atoms with Gasteiger partial charge in [-0.15, -0.1) is 0 Å². The maximum atomic E-state index is 5.44. The van der Waals surface area contributed by atoms with Crippen molar-refractivity contribution in [2.24, 2.45) is 0 Å². The van der Waals surface area contributed by atoms with Crippen molar-refractivity contribution in [3.63, 3.8) is 0 Å². The van der Waals surface area contributed by atoms with Crippen molar-refractivity contribution in [3.05, 3.63) is 267 Å². The minimum Gasteiger partial charge on any atom is -0.278 e. The van der Waals surface area contributed by atoms with Crippen molar-refractivity contribution in [3.8, 4) is 39.9 Å². The number of nitrogens with zero attached hydrogens (tertiary/aromatic N) is 4. The van der Waals surface area contributed by atoms with Gasteiger partial charge in [0.25, 0.3) is 0 Å². The van der Waals surface area contributed by atoms with Crippen molar-refractivity contribution >= 4 is 79.4 Å². The van der Waals surface area contributed by atoms with Gasteiger partial charge in [-0.1, -0.05) is 249 Å². The predicted octanol–water partition coefficient (Wildman–Crippen LogP) is 9.04. The molecular formula is C63H44N4Si2. The first-order chi connectivity index (χ1) is 34.2. The Morgan fingerprint density at radius 3 is 1.22 bits per heavy atom. The van der Waals surface area contributed by atoms with Gasteiger partial charge in [-0.25, -0.2) is 4.98 Å². The standard InChI is InChI=1S/C63H44N4Si2/c1-6-23-45(24-7-1)47-27-22-28-48(43-47)62-64-61(46-25-8-2-9-26-46)65-63(66-62)67-55-36-17-16-35-53(55)54-42-41-52(44-56(54)67)69(51-33-14-5-15-34-51)59-39-20-18-37-57(59)68(49-29-10-3-11-30-49,50-31-12-4-13-32-50)58-38-19-21-40-60(58)69/h1-44H. The van der Waals surface area contributed by atoms with Crippen LogP contribution in [0.2, 0.25) is 0 Å². The molecule has 10 aromatic carbocycles. The quantitative estimate of drug-likeness (QED) is 0.143. The van der Waals surface area contributed by atoms with E-state index in [-0.39, 0.29) is 0 Å². The van der Waals surface area contributed by atoms with Crippen LogP contribution >= 0.6 is 0 Å². The lowest BCUT2D eigenvalue weighted by Crippen LogP contribution is -2.93. The Kier molecular flexibility index (Phi) is 9.82. The van der Waals surface area contributed by atoms with Gasteiger partial charge in [0.05, 0.1) is 11.0 Å². The number of benzene rings is 10. The minimum atomic E-state index is -3.12. The fourth-order valence-electron chi connectivity index (χ4n) is 11.4. The second-order valence-electron chi connectivity index (χ2n) is 17.9. The molecule has 0 saturated heterocycles. The molecule has 4 nitrogen and oxygen atoms in total. The highest BCUT2D eigenvalue weighted by Gasteiger charge is 2.56. The summed E-state index contributed by atoms with van der Waals surface area (Å²) >= 11 is 0. The van der Waals surface area contributed by atoms with Crippen LogP contribution in [0.25, 0.3) is 61.7 Å². The number of hydrogen-bond acceptors (Lipinski definition) is 3. The molecule has 0 saturated carbocycles. The van der Waals surface area contributed by atoms with Gasteiger partial charge in [-0.2, -0.15) is 9.97 Å².